The summed E-state index contributed by atoms with van der Waals surface area (Å²) in [5.41, 5.74) is 0.990. The number of nitrogens with one attached hydrogen (secondary N) is 2. The zero-order chi connectivity index (χ0) is 18.8. The Morgan fingerprint density at radius 3 is 2.48 bits per heavy atom. The first-order valence-electron chi connectivity index (χ1n) is 9.97. The largest absolute Gasteiger partial charge is 0.359 e. The van der Waals surface area contributed by atoms with Gasteiger partial charge in [0.1, 0.15) is 0 Å². The van der Waals surface area contributed by atoms with Crippen molar-refractivity contribution in [1.82, 2.24) is 25.6 Å². The molecule has 0 radical (unpaired) electrons. The van der Waals surface area contributed by atoms with Crippen molar-refractivity contribution in [3.8, 4) is 0 Å². The monoisotopic (exact) mass is 492 g/mol. The molecular formula is C19H37IN6O. The van der Waals surface area contributed by atoms with Crippen LogP contribution in [0.3, 0.4) is 0 Å². The van der Waals surface area contributed by atoms with Crippen LogP contribution in [0.5, 0.6) is 0 Å². The molecule has 2 N–H and O–H groups in total. The molecule has 2 rings (SSSR count). The number of halogens is 1. The van der Waals surface area contributed by atoms with E-state index in [2.05, 4.69) is 51.4 Å². The van der Waals surface area contributed by atoms with Crippen LogP contribution < -0.4 is 10.6 Å². The quantitative estimate of drug-likeness (QED) is 0.239. The van der Waals surface area contributed by atoms with Crippen LogP contribution in [0.1, 0.15) is 51.0 Å². The lowest BCUT2D eigenvalue weighted by atomic mass is 10.1. The van der Waals surface area contributed by atoms with E-state index in [1.54, 1.807) is 7.05 Å². The van der Waals surface area contributed by atoms with Crippen molar-refractivity contribution in [2.45, 2.75) is 46.1 Å². The van der Waals surface area contributed by atoms with E-state index < -0.39 is 0 Å². The summed E-state index contributed by atoms with van der Waals surface area (Å²) >= 11 is 0. The molecule has 0 spiro atoms. The SMILES string of the molecule is CCN1CCN(CCCCNC(=NC)NCc2cc(C(C)C)no2)CC1.I. The third-order valence-electron chi connectivity index (χ3n) is 4.93. The summed E-state index contributed by atoms with van der Waals surface area (Å²) in [6, 6.07) is 2.00. The van der Waals surface area contributed by atoms with E-state index in [9.17, 15) is 0 Å². The number of aromatic nitrogens is 1. The number of unbranched alkanes of at least 4 members (excludes halogenated alkanes) is 1. The van der Waals surface area contributed by atoms with E-state index in [0.29, 0.717) is 12.5 Å². The first-order valence-corrected chi connectivity index (χ1v) is 9.97. The van der Waals surface area contributed by atoms with Crippen LogP contribution in [0.15, 0.2) is 15.6 Å². The fourth-order valence-corrected chi connectivity index (χ4v) is 3.07. The van der Waals surface area contributed by atoms with Crippen LogP contribution in [0.25, 0.3) is 0 Å². The number of aliphatic imine (C=N–C) groups is 1. The predicted molar refractivity (Wildman–Crippen MR) is 122 cm³/mol. The molecule has 0 aliphatic carbocycles. The maximum Gasteiger partial charge on any atom is 0.191 e. The minimum absolute atomic E-state index is 0. The molecule has 27 heavy (non-hydrogen) atoms. The molecule has 0 bridgehead atoms. The average Bonchev–Trinajstić information content (AvgIpc) is 3.14. The molecule has 1 aromatic heterocycles. The zero-order valence-corrected chi connectivity index (χ0v) is 19.7. The van der Waals surface area contributed by atoms with Crippen molar-refractivity contribution in [1.29, 1.82) is 0 Å². The van der Waals surface area contributed by atoms with Crippen molar-refractivity contribution in [3.63, 3.8) is 0 Å². The van der Waals surface area contributed by atoms with E-state index in [-0.39, 0.29) is 24.0 Å². The van der Waals surface area contributed by atoms with Gasteiger partial charge in [-0.1, -0.05) is 25.9 Å². The minimum Gasteiger partial charge on any atom is -0.359 e. The van der Waals surface area contributed by atoms with Crippen LogP contribution in [0, 0.1) is 0 Å². The summed E-state index contributed by atoms with van der Waals surface area (Å²) < 4.78 is 5.34. The number of guanidine groups is 1. The number of rotatable bonds is 9. The second kappa shape index (κ2) is 13.3. The Morgan fingerprint density at radius 2 is 1.89 bits per heavy atom. The zero-order valence-electron chi connectivity index (χ0n) is 17.3. The van der Waals surface area contributed by atoms with Gasteiger partial charge in [0.2, 0.25) is 0 Å². The van der Waals surface area contributed by atoms with Gasteiger partial charge >= 0.3 is 0 Å². The topological polar surface area (TPSA) is 68.9 Å². The number of hydrogen-bond acceptors (Lipinski definition) is 5. The average molecular weight is 492 g/mol. The Kier molecular flexibility index (Phi) is 11.9. The van der Waals surface area contributed by atoms with Crippen LogP contribution in [0.2, 0.25) is 0 Å². The second-order valence-electron chi connectivity index (χ2n) is 7.21. The Morgan fingerprint density at radius 1 is 1.19 bits per heavy atom. The summed E-state index contributed by atoms with van der Waals surface area (Å²) in [6.07, 6.45) is 2.37. The normalized spacial score (nSPS) is 16.4. The Hall–Kier alpha value is -0.870. The number of hydrogen-bond donors (Lipinski definition) is 2. The molecule has 0 unspecified atom stereocenters. The molecule has 1 aliphatic rings. The molecule has 0 aromatic carbocycles. The molecule has 0 amide bonds. The van der Waals surface area contributed by atoms with Crippen molar-refractivity contribution in [2.75, 3.05) is 52.9 Å². The lowest BCUT2D eigenvalue weighted by Gasteiger charge is -2.34. The smallest absolute Gasteiger partial charge is 0.191 e. The first kappa shape index (κ1) is 24.2. The minimum atomic E-state index is 0. The Balaban J connectivity index is 0.00000364. The second-order valence-corrected chi connectivity index (χ2v) is 7.21. The summed E-state index contributed by atoms with van der Waals surface area (Å²) in [6.45, 7) is 15.2. The number of piperazine rings is 1. The molecule has 2 heterocycles. The lowest BCUT2D eigenvalue weighted by molar-refractivity contribution is 0.136. The van der Waals surface area contributed by atoms with Gasteiger partial charge in [0.25, 0.3) is 0 Å². The van der Waals surface area contributed by atoms with Crippen molar-refractivity contribution >= 4 is 29.9 Å². The summed E-state index contributed by atoms with van der Waals surface area (Å²) in [7, 11) is 1.79. The predicted octanol–water partition coefficient (Wildman–Crippen LogP) is 2.50. The van der Waals surface area contributed by atoms with E-state index in [1.165, 1.54) is 45.7 Å². The van der Waals surface area contributed by atoms with Crippen LogP contribution in [0.4, 0.5) is 0 Å². The fourth-order valence-electron chi connectivity index (χ4n) is 3.07. The van der Waals surface area contributed by atoms with Crippen molar-refractivity contribution in [2.24, 2.45) is 4.99 Å². The Bertz CT molecular complexity index is 540. The van der Waals surface area contributed by atoms with E-state index in [1.807, 2.05) is 6.07 Å². The molecule has 1 aliphatic heterocycles. The van der Waals surface area contributed by atoms with E-state index in [0.717, 1.165) is 30.4 Å². The molecule has 8 heteroatoms. The summed E-state index contributed by atoms with van der Waals surface area (Å²) in [5, 5.41) is 10.7. The Labute approximate surface area is 181 Å². The standard InChI is InChI=1S/C19H36N6O.HI/c1-5-24-10-12-25(13-11-24)9-7-6-8-21-19(20-4)22-15-17-14-18(16(2)3)23-26-17;/h14,16H,5-13,15H2,1-4H3,(H2,20,21,22);1H. The molecule has 0 saturated carbocycles. The van der Waals surface area contributed by atoms with Crippen LogP contribution in [-0.2, 0) is 6.54 Å². The highest BCUT2D eigenvalue weighted by molar-refractivity contribution is 14.0. The van der Waals surface area contributed by atoms with Gasteiger partial charge in [0, 0.05) is 45.8 Å². The van der Waals surface area contributed by atoms with Crippen LogP contribution >= 0.6 is 24.0 Å². The highest BCUT2D eigenvalue weighted by atomic mass is 127. The molecular weight excluding hydrogens is 455 g/mol. The summed E-state index contributed by atoms with van der Waals surface area (Å²) in [4.78, 5) is 9.37. The third kappa shape index (κ3) is 8.78. The van der Waals surface area contributed by atoms with Crippen molar-refractivity contribution in [3.05, 3.63) is 17.5 Å². The summed E-state index contributed by atoms with van der Waals surface area (Å²) in [5.74, 6) is 2.03. The molecule has 1 fully saturated rings. The molecule has 1 aromatic rings. The van der Waals surface area contributed by atoms with E-state index in [4.69, 9.17) is 4.52 Å². The highest BCUT2D eigenvalue weighted by Crippen LogP contribution is 2.13. The molecule has 1 saturated heterocycles. The van der Waals surface area contributed by atoms with Gasteiger partial charge in [0.15, 0.2) is 11.7 Å². The van der Waals surface area contributed by atoms with Gasteiger partial charge in [-0.3, -0.25) is 4.99 Å². The maximum absolute atomic E-state index is 5.34. The molecule has 7 nitrogen and oxygen atoms in total. The van der Waals surface area contributed by atoms with Gasteiger partial charge in [0.05, 0.1) is 12.2 Å². The highest BCUT2D eigenvalue weighted by Gasteiger charge is 2.14. The third-order valence-corrected chi connectivity index (χ3v) is 4.93. The van der Waals surface area contributed by atoms with Gasteiger partial charge in [-0.2, -0.15) is 0 Å². The van der Waals surface area contributed by atoms with Gasteiger partial charge in [-0.25, -0.2) is 0 Å². The lowest BCUT2D eigenvalue weighted by Crippen LogP contribution is -2.46. The van der Waals surface area contributed by atoms with Crippen LogP contribution in [-0.4, -0.2) is 73.8 Å². The first-order chi connectivity index (χ1) is 12.6. The molecule has 156 valence electrons. The van der Waals surface area contributed by atoms with Gasteiger partial charge in [-0.05, 0) is 31.8 Å². The van der Waals surface area contributed by atoms with Crippen molar-refractivity contribution < 1.29 is 4.52 Å². The number of nitrogens with zero attached hydrogens (tertiary/aromatic N) is 4. The number of likely N-dealkylation sites (N-methyl/N-ethyl adjacent to an activating group) is 1. The van der Waals surface area contributed by atoms with Gasteiger partial charge in [-0.15, -0.1) is 24.0 Å². The molecule has 0 atom stereocenters. The van der Waals surface area contributed by atoms with Gasteiger partial charge < -0.3 is 25.0 Å². The van der Waals surface area contributed by atoms with E-state index >= 15 is 0 Å². The maximum atomic E-state index is 5.34. The fraction of sp³-hybridized carbons (Fsp3) is 0.789.